The van der Waals surface area contributed by atoms with E-state index in [1.807, 2.05) is 32.2 Å². The molecule has 1 unspecified atom stereocenters. The van der Waals surface area contributed by atoms with Crippen LogP contribution in [-0.2, 0) is 11.3 Å². The fraction of sp³-hybridized carbons (Fsp3) is 0.625. The van der Waals surface area contributed by atoms with Crippen molar-refractivity contribution in [3.8, 4) is 6.07 Å². The molecule has 1 fully saturated rings. The van der Waals surface area contributed by atoms with Gasteiger partial charge in [0, 0.05) is 35.9 Å². The van der Waals surface area contributed by atoms with Gasteiger partial charge in [0.25, 0.3) is 0 Å². The highest BCUT2D eigenvalue weighted by molar-refractivity contribution is 7.10. The van der Waals surface area contributed by atoms with E-state index in [4.69, 9.17) is 10.00 Å². The molecule has 0 spiro atoms. The molecule has 0 aliphatic carbocycles. The van der Waals surface area contributed by atoms with Gasteiger partial charge in [-0.2, -0.15) is 5.26 Å². The molecule has 5 nitrogen and oxygen atoms in total. The third kappa shape index (κ3) is 5.00. The third-order valence-corrected chi connectivity index (χ3v) is 4.36. The Balaban J connectivity index is 1.83. The first-order valence-corrected chi connectivity index (χ1v) is 8.44. The minimum atomic E-state index is -0.456. The second-order valence-corrected chi connectivity index (χ2v) is 7.56. The number of amides is 1. The monoisotopic (exact) mass is 321 g/mol. The van der Waals surface area contributed by atoms with Crippen molar-refractivity contribution in [3.63, 3.8) is 0 Å². The minimum Gasteiger partial charge on any atom is -0.444 e. The van der Waals surface area contributed by atoms with Crippen molar-refractivity contribution in [2.45, 2.75) is 51.8 Å². The largest absolute Gasteiger partial charge is 0.444 e. The number of nitriles is 1. The van der Waals surface area contributed by atoms with E-state index in [0.717, 1.165) is 30.8 Å². The van der Waals surface area contributed by atoms with Crippen LogP contribution in [0.5, 0.6) is 0 Å². The van der Waals surface area contributed by atoms with Crippen LogP contribution in [-0.4, -0.2) is 35.7 Å². The molecule has 0 bridgehead atoms. The highest BCUT2D eigenvalue weighted by Gasteiger charge is 2.27. The lowest BCUT2D eigenvalue weighted by atomic mass is 10.1. The summed E-state index contributed by atoms with van der Waals surface area (Å²) in [6.45, 7) is 7.81. The topological polar surface area (TPSA) is 65.4 Å². The van der Waals surface area contributed by atoms with Gasteiger partial charge in [0.1, 0.15) is 11.7 Å². The van der Waals surface area contributed by atoms with Gasteiger partial charge < -0.3 is 15.0 Å². The minimum absolute atomic E-state index is 0.234. The summed E-state index contributed by atoms with van der Waals surface area (Å²) in [5.41, 5.74) is 0.253. The molecule has 1 aliphatic heterocycles. The summed E-state index contributed by atoms with van der Waals surface area (Å²) in [6.07, 6.45) is 1.79. The predicted octanol–water partition coefficient (Wildman–Crippen LogP) is 3.11. The standard InChI is InChI=1S/C16H23N3O2S/c1-16(2,3)21-15(20)19-6-4-5-13(10-19)18-9-14-7-12(8-17)11-22-14/h7,11,13,18H,4-6,9-10H2,1-3H3. The van der Waals surface area contributed by atoms with Crippen molar-refractivity contribution >= 4 is 17.4 Å². The Morgan fingerprint density at radius 2 is 2.36 bits per heavy atom. The van der Waals surface area contributed by atoms with Gasteiger partial charge in [-0.3, -0.25) is 0 Å². The summed E-state index contributed by atoms with van der Waals surface area (Å²) in [7, 11) is 0. The maximum Gasteiger partial charge on any atom is 0.410 e. The number of hydrogen-bond acceptors (Lipinski definition) is 5. The number of thiophene rings is 1. The van der Waals surface area contributed by atoms with Gasteiger partial charge in [-0.1, -0.05) is 0 Å². The second-order valence-electron chi connectivity index (χ2n) is 6.56. The van der Waals surface area contributed by atoms with E-state index in [0.29, 0.717) is 12.1 Å². The van der Waals surface area contributed by atoms with Crippen molar-refractivity contribution in [1.82, 2.24) is 10.2 Å². The van der Waals surface area contributed by atoms with Crippen molar-refractivity contribution in [2.75, 3.05) is 13.1 Å². The molecule has 1 aromatic heterocycles. The van der Waals surface area contributed by atoms with Crippen LogP contribution >= 0.6 is 11.3 Å². The predicted molar refractivity (Wildman–Crippen MR) is 86.7 cm³/mol. The molecule has 1 saturated heterocycles. The number of piperidine rings is 1. The average molecular weight is 321 g/mol. The van der Waals surface area contributed by atoms with Gasteiger partial charge >= 0.3 is 6.09 Å². The Labute approximate surface area is 135 Å². The van der Waals surface area contributed by atoms with Crippen molar-refractivity contribution in [2.24, 2.45) is 0 Å². The van der Waals surface area contributed by atoms with Crippen LogP contribution in [0.2, 0.25) is 0 Å². The first kappa shape index (κ1) is 16.8. The molecule has 1 amide bonds. The molecule has 2 heterocycles. The van der Waals surface area contributed by atoms with Gasteiger partial charge in [0.15, 0.2) is 0 Å². The number of nitrogens with one attached hydrogen (secondary N) is 1. The second kappa shape index (κ2) is 7.12. The van der Waals surface area contributed by atoms with E-state index >= 15 is 0 Å². The lowest BCUT2D eigenvalue weighted by Gasteiger charge is -2.34. The first-order valence-electron chi connectivity index (χ1n) is 7.56. The maximum atomic E-state index is 12.1. The van der Waals surface area contributed by atoms with E-state index in [1.165, 1.54) is 0 Å². The van der Waals surface area contributed by atoms with Crippen LogP contribution in [0.15, 0.2) is 11.4 Å². The Bertz CT molecular complexity index is 556. The molecule has 0 aromatic carbocycles. The number of likely N-dealkylation sites (tertiary alicyclic amines) is 1. The first-order chi connectivity index (χ1) is 10.4. The molecule has 1 N–H and O–H groups in total. The summed E-state index contributed by atoms with van der Waals surface area (Å²) in [6, 6.07) is 4.32. The lowest BCUT2D eigenvalue weighted by molar-refractivity contribution is 0.0187. The maximum absolute atomic E-state index is 12.1. The van der Waals surface area contributed by atoms with Crippen LogP contribution in [0.4, 0.5) is 4.79 Å². The van der Waals surface area contributed by atoms with E-state index < -0.39 is 5.60 Å². The van der Waals surface area contributed by atoms with Gasteiger partial charge in [-0.05, 0) is 39.7 Å². The molecule has 6 heteroatoms. The van der Waals surface area contributed by atoms with E-state index in [-0.39, 0.29) is 12.1 Å². The van der Waals surface area contributed by atoms with Crippen molar-refractivity contribution in [3.05, 3.63) is 21.9 Å². The number of carbonyl (C=O) groups excluding carboxylic acids is 1. The molecule has 1 aromatic rings. The summed E-state index contributed by atoms with van der Waals surface area (Å²) < 4.78 is 5.43. The molecule has 0 radical (unpaired) electrons. The number of hydrogen-bond donors (Lipinski definition) is 1. The Hall–Kier alpha value is -1.58. The normalized spacial score (nSPS) is 18.8. The van der Waals surface area contributed by atoms with Crippen LogP contribution in [0.1, 0.15) is 44.1 Å². The van der Waals surface area contributed by atoms with Crippen LogP contribution in [0.3, 0.4) is 0 Å². The van der Waals surface area contributed by atoms with E-state index in [9.17, 15) is 4.79 Å². The fourth-order valence-corrected chi connectivity index (χ4v) is 3.17. The highest BCUT2D eigenvalue weighted by atomic mass is 32.1. The Kier molecular flexibility index (Phi) is 5.43. The number of nitrogens with zero attached hydrogens (tertiary/aromatic N) is 2. The zero-order valence-corrected chi connectivity index (χ0v) is 14.2. The third-order valence-electron chi connectivity index (χ3n) is 3.42. The number of ether oxygens (including phenoxy) is 1. The smallest absolute Gasteiger partial charge is 0.410 e. The molecule has 1 aliphatic rings. The van der Waals surface area contributed by atoms with Gasteiger partial charge in [0.05, 0.1) is 5.56 Å². The number of carbonyl (C=O) groups is 1. The Morgan fingerprint density at radius 3 is 3.00 bits per heavy atom. The fourth-order valence-electron chi connectivity index (χ4n) is 2.41. The summed E-state index contributed by atoms with van der Waals surface area (Å²) in [4.78, 5) is 15.0. The molecule has 2 rings (SSSR count). The van der Waals surface area contributed by atoms with Gasteiger partial charge in [-0.15, -0.1) is 11.3 Å². The molecule has 22 heavy (non-hydrogen) atoms. The van der Waals surface area contributed by atoms with Gasteiger partial charge in [0.2, 0.25) is 0 Å². The summed E-state index contributed by atoms with van der Waals surface area (Å²) >= 11 is 1.59. The molecule has 120 valence electrons. The van der Waals surface area contributed by atoms with Gasteiger partial charge in [-0.25, -0.2) is 4.79 Å². The molecular formula is C16H23N3O2S. The van der Waals surface area contributed by atoms with Crippen molar-refractivity contribution in [1.29, 1.82) is 5.26 Å². The van der Waals surface area contributed by atoms with E-state index in [2.05, 4.69) is 11.4 Å². The molecule has 1 atom stereocenters. The van der Waals surface area contributed by atoms with E-state index in [1.54, 1.807) is 16.2 Å². The average Bonchev–Trinajstić information content (AvgIpc) is 2.92. The van der Waals surface area contributed by atoms with Crippen molar-refractivity contribution < 1.29 is 9.53 Å². The quantitative estimate of drug-likeness (QED) is 0.929. The lowest BCUT2D eigenvalue weighted by Crippen LogP contribution is -2.49. The molecular weight excluding hydrogens is 298 g/mol. The summed E-state index contributed by atoms with van der Waals surface area (Å²) in [5, 5.41) is 14.2. The zero-order valence-electron chi connectivity index (χ0n) is 13.4. The van der Waals surface area contributed by atoms with Crippen LogP contribution in [0, 0.1) is 11.3 Å². The SMILES string of the molecule is CC(C)(C)OC(=O)N1CCCC(NCc2cc(C#N)cs2)C1. The highest BCUT2D eigenvalue weighted by Crippen LogP contribution is 2.17. The number of rotatable bonds is 3. The Morgan fingerprint density at radius 1 is 1.59 bits per heavy atom. The summed E-state index contributed by atoms with van der Waals surface area (Å²) in [5.74, 6) is 0. The van der Waals surface area contributed by atoms with Crippen LogP contribution < -0.4 is 5.32 Å². The zero-order chi connectivity index (χ0) is 16.2. The molecule has 0 saturated carbocycles. The van der Waals surface area contributed by atoms with Crippen LogP contribution in [0.25, 0.3) is 0 Å².